The second-order valence-electron chi connectivity index (χ2n) is 4.74. The first kappa shape index (κ1) is 23.3. The molecule has 0 unspecified atom stereocenters. The Hall–Kier alpha value is -0.740. The fourth-order valence-corrected chi connectivity index (χ4v) is 1.76. The first-order valence-corrected chi connectivity index (χ1v) is 9.14. The van der Waals surface area contributed by atoms with Crippen molar-refractivity contribution in [1.82, 2.24) is 5.32 Å². The maximum absolute atomic E-state index is 11.2. The maximum Gasteiger partial charge on any atom is 0.303 e. The molecule has 0 aromatic heterocycles. The average molecular weight is 414 g/mol. The second kappa shape index (κ2) is 18.6. The van der Waals surface area contributed by atoms with E-state index >= 15 is 0 Å². The largest absolute Gasteiger partial charge is 0.481 e. The van der Waals surface area contributed by atoms with Crippen molar-refractivity contribution in [2.24, 2.45) is 0 Å². The lowest BCUT2D eigenvalue weighted by Gasteiger charge is -2.07. The molecule has 0 saturated carbocycles. The third-order valence-corrected chi connectivity index (χ3v) is 3.01. The molecule has 24 heavy (non-hydrogen) atoms. The number of ether oxygens (including phenoxy) is 4. The van der Waals surface area contributed by atoms with E-state index in [4.69, 9.17) is 24.1 Å². The van der Waals surface area contributed by atoms with Crippen LogP contribution in [0.4, 0.5) is 0 Å². The van der Waals surface area contributed by atoms with Gasteiger partial charge in [-0.15, -0.1) is 0 Å². The molecule has 0 rings (SSSR count). The van der Waals surface area contributed by atoms with Crippen molar-refractivity contribution >= 4 is 27.8 Å². The van der Waals surface area contributed by atoms with Gasteiger partial charge < -0.3 is 29.4 Å². The van der Waals surface area contributed by atoms with Gasteiger partial charge in [-0.05, 0) is 6.42 Å². The molecule has 0 aliphatic carbocycles. The Bertz CT molecular complexity index is 318. The summed E-state index contributed by atoms with van der Waals surface area (Å²) in [6.07, 6.45) is 0.540. The predicted octanol–water partition coefficient (Wildman–Crippen LogP) is 0.819. The summed E-state index contributed by atoms with van der Waals surface area (Å²) in [5.41, 5.74) is 0. The Morgan fingerprint density at radius 1 is 0.792 bits per heavy atom. The molecule has 0 aromatic rings. The Morgan fingerprint density at radius 2 is 1.29 bits per heavy atom. The molecular formula is C15H28BrNO7. The van der Waals surface area contributed by atoms with Crippen molar-refractivity contribution in [1.29, 1.82) is 0 Å². The van der Waals surface area contributed by atoms with E-state index in [0.717, 1.165) is 5.33 Å². The Balaban J connectivity index is 3.10. The highest BCUT2D eigenvalue weighted by Gasteiger charge is 2.03. The normalized spacial score (nSPS) is 10.7. The van der Waals surface area contributed by atoms with Gasteiger partial charge in [0, 0.05) is 24.9 Å². The fourth-order valence-electron chi connectivity index (χ4n) is 1.53. The number of hydrogen-bond acceptors (Lipinski definition) is 6. The van der Waals surface area contributed by atoms with E-state index < -0.39 is 5.97 Å². The number of amides is 1. The Morgan fingerprint density at radius 3 is 1.79 bits per heavy atom. The molecule has 0 fully saturated rings. The molecule has 9 heteroatoms. The molecular weight excluding hydrogens is 386 g/mol. The van der Waals surface area contributed by atoms with Crippen molar-refractivity contribution in [2.75, 3.05) is 64.7 Å². The Labute approximate surface area is 151 Å². The number of aliphatic carboxylic acids is 1. The Kier molecular flexibility index (Phi) is 18.0. The molecule has 1 amide bonds. The number of nitrogens with one attached hydrogen (secondary N) is 1. The van der Waals surface area contributed by atoms with E-state index in [9.17, 15) is 9.59 Å². The van der Waals surface area contributed by atoms with Crippen LogP contribution in [0.2, 0.25) is 0 Å². The standard InChI is InChI=1S/C15H28BrNO7/c16-4-7-22-9-11-24-13-12-23-10-8-21-6-1-5-17-14(18)2-3-15(19)20/h1-13H2,(H,17,18)(H,19,20). The number of carboxylic acids is 1. The first-order chi connectivity index (χ1) is 11.7. The van der Waals surface area contributed by atoms with Gasteiger partial charge in [-0.3, -0.25) is 9.59 Å². The van der Waals surface area contributed by atoms with Crippen LogP contribution in [-0.2, 0) is 28.5 Å². The minimum Gasteiger partial charge on any atom is -0.481 e. The van der Waals surface area contributed by atoms with Gasteiger partial charge >= 0.3 is 5.97 Å². The van der Waals surface area contributed by atoms with E-state index in [2.05, 4.69) is 21.2 Å². The van der Waals surface area contributed by atoms with Crippen LogP contribution in [0.15, 0.2) is 0 Å². The number of carbonyl (C=O) groups excluding carboxylic acids is 1. The predicted molar refractivity (Wildman–Crippen MR) is 91.6 cm³/mol. The molecule has 0 aromatic carbocycles. The summed E-state index contributed by atoms with van der Waals surface area (Å²) in [6.45, 7) is 4.85. The summed E-state index contributed by atoms with van der Waals surface area (Å²) >= 11 is 3.27. The molecule has 0 heterocycles. The number of alkyl halides is 1. The lowest BCUT2D eigenvalue weighted by atomic mass is 10.3. The van der Waals surface area contributed by atoms with Gasteiger partial charge in [0.1, 0.15) is 0 Å². The van der Waals surface area contributed by atoms with Crippen molar-refractivity contribution in [3.05, 3.63) is 0 Å². The van der Waals surface area contributed by atoms with Crippen LogP contribution in [-0.4, -0.2) is 81.7 Å². The lowest BCUT2D eigenvalue weighted by molar-refractivity contribution is -0.138. The SMILES string of the molecule is O=C(O)CCC(=O)NCCCOCCOCCOCCOCCBr. The van der Waals surface area contributed by atoms with E-state index in [1.165, 1.54) is 0 Å². The average Bonchev–Trinajstić information content (AvgIpc) is 2.56. The molecule has 0 aliphatic rings. The molecule has 2 N–H and O–H groups in total. The van der Waals surface area contributed by atoms with Crippen molar-refractivity contribution < 1.29 is 33.6 Å². The molecule has 0 radical (unpaired) electrons. The van der Waals surface area contributed by atoms with Gasteiger partial charge in [0.25, 0.3) is 0 Å². The van der Waals surface area contributed by atoms with Gasteiger partial charge in [-0.2, -0.15) is 0 Å². The van der Waals surface area contributed by atoms with Crippen LogP contribution in [0, 0.1) is 0 Å². The zero-order valence-electron chi connectivity index (χ0n) is 14.0. The zero-order valence-corrected chi connectivity index (χ0v) is 15.6. The second-order valence-corrected chi connectivity index (χ2v) is 5.53. The third kappa shape index (κ3) is 19.3. The topological polar surface area (TPSA) is 103 Å². The van der Waals surface area contributed by atoms with Gasteiger partial charge in [0.15, 0.2) is 0 Å². The number of carbonyl (C=O) groups is 2. The van der Waals surface area contributed by atoms with Crippen molar-refractivity contribution in [3.8, 4) is 0 Å². The van der Waals surface area contributed by atoms with Crippen LogP contribution >= 0.6 is 15.9 Å². The van der Waals surface area contributed by atoms with Crippen molar-refractivity contribution in [3.63, 3.8) is 0 Å². The molecule has 0 atom stereocenters. The van der Waals surface area contributed by atoms with Gasteiger partial charge in [-0.25, -0.2) is 0 Å². The van der Waals surface area contributed by atoms with Crippen LogP contribution in [0.3, 0.4) is 0 Å². The third-order valence-electron chi connectivity index (χ3n) is 2.69. The summed E-state index contributed by atoms with van der Waals surface area (Å²) in [5, 5.41) is 11.9. The van der Waals surface area contributed by atoms with E-state index in [1.807, 2.05) is 0 Å². The highest BCUT2D eigenvalue weighted by Crippen LogP contribution is 1.89. The van der Waals surface area contributed by atoms with Crippen LogP contribution < -0.4 is 5.32 Å². The first-order valence-electron chi connectivity index (χ1n) is 8.02. The maximum atomic E-state index is 11.2. The molecule has 0 spiro atoms. The quantitative estimate of drug-likeness (QED) is 0.253. The minimum absolute atomic E-state index is 0.00867. The van der Waals surface area contributed by atoms with Gasteiger partial charge in [0.2, 0.25) is 5.91 Å². The fraction of sp³-hybridized carbons (Fsp3) is 0.867. The number of carboxylic acid groups (broad SMARTS) is 1. The minimum atomic E-state index is -0.970. The number of rotatable bonds is 18. The summed E-state index contributed by atoms with van der Waals surface area (Å²) in [7, 11) is 0. The van der Waals surface area contributed by atoms with Crippen LogP contribution in [0.1, 0.15) is 19.3 Å². The monoisotopic (exact) mass is 413 g/mol. The van der Waals surface area contributed by atoms with E-state index in [1.54, 1.807) is 0 Å². The smallest absolute Gasteiger partial charge is 0.303 e. The molecule has 0 bridgehead atoms. The lowest BCUT2D eigenvalue weighted by Crippen LogP contribution is -2.25. The van der Waals surface area contributed by atoms with Gasteiger partial charge in [0.05, 0.1) is 52.7 Å². The van der Waals surface area contributed by atoms with Crippen LogP contribution in [0.5, 0.6) is 0 Å². The summed E-state index contributed by atoms with van der Waals surface area (Å²) in [6, 6.07) is 0. The van der Waals surface area contributed by atoms with Crippen molar-refractivity contribution in [2.45, 2.75) is 19.3 Å². The summed E-state index contributed by atoms with van der Waals surface area (Å²) < 4.78 is 21.2. The summed E-state index contributed by atoms with van der Waals surface area (Å²) in [4.78, 5) is 21.5. The highest BCUT2D eigenvalue weighted by molar-refractivity contribution is 9.09. The molecule has 8 nitrogen and oxygen atoms in total. The van der Waals surface area contributed by atoms with Gasteiger partial charge in [-0.1, -0.05) is 15.9 Å². The number of hydrogen-bond donors (Lipinski definition) is 2. The van der Waals surface area contributed by atoms with Crippen LogP contribution in [0.25, 0.3) is 0 Å². The van der Waals surface area contributed by atoms with E-state index in [-0.39, 0.29) is 18.7 Å². The zero-order chi connectivity index (χ0) is 17.9. The number of halogens is 1. The molecule has 0 saturated heterocycles. The highest BCUT2D eigenvalue weighted by atomic mass is 79.9. The molecule has 142 valence electrons. The summed E-state index contributed by atoms with van der Waals surface area (Å²) in [5.74, 6) is -1.22. The van der Waals surface area contributed by atoms with E-state index in [0.29, 0.717) is 65.8 Å². The molecule has 0 aliphatic heterocycles.